The second-order valence-electron chi connectivity index (χ2n) is 5.18. The minimum absolute atomic E-state index is 0.217. The number of hydrogen-bond donors (Lipinski definition) is 1. The number of rotatable bonds is 5. The lowest BCUT2D eigenvalue weighted by molar-refractivity contribution is 0.0992. The van der Waals surface area contributed by atoms with Crippen LogP contribution in [0.25, 0.3) is 0 Å². The second-order valence-corrected chi connectivity index (χ2v) is 6.16. The van der Waals surface area contributed by atoms with E-state index in [2.05, 4.69) is 10.3 Å². The summed E-state index contributed by atoms with van der Waals surface area (Å²) in [6.45, 7) is 1.64. The van der Waals surface area contributed by atoms with Gasteiger partial charge in [-0.15, -0.1) is 0 Å². The second kappa shape index (κ2) is 7.31. The molecular weight excluding hydrogens is 327 g/mol. The fourth-order valence-electron chi connectivity index (χ4n) is 2.07. The van der Waals surface area contributed by atoms with Gasteiger partial charge in [0.05, 0.1) is 0 Å². The lowest BCUT2D eigenvalue weighted by Gasteiger charge is -2.05. The number of furan rings is 1. The van der Waals surface area contributed by atoms with Crippen LogP contribution in [0.5, 0.6) is 0 Å². The molecular formula is C18H15FN2O2S. The van der Waals surface area contributed by atoms with Gasteiger partial charge in [0.15, 0.2) is 10.9 Å². The van der Waals surface area contributed by atoms with Gasteiger partial charge in [-0.2, -0.15) is 0 Å². The van der Waals surface area contributed by atoms with E-state index >= 15 is 0 Å². The molecule has 2 heterocycles. The lowest BCUT2D eigenvalue weighted by atomic mass is 10.2. The molecule has 1 N–H and O–H groups in total. The van der Waals surface area contributed by atoms with Crippen molar-refractivity contribution >= 4 is 23.4 Å². The Kier molecular flexibility index (Phi) is 4.96. The van der Waals surface area contributed by atoms with Crippen molar-refractivity contribution in [3.63, 3.8) is 0 Å². The van der Waals surface area contributed by atoms with Crippen LogP contribution in [-0.4, -0.2) is 10.9 Å². The summed E-state index contributed by atoms with van der Waals surface area (Å²) in [6.07, 6.45) is 3.48. The highest BCUT2D eigenvalue weighted by Crippen LogP contribution is 2.25. The van der Waals surface area contributed by atoms with Crippen molar-refractivity contribution in [2.45, 2.75) is 17.8 Å². The summed E-state index contributed by atoms with van der Waals surface area (Å²) < 4.78 is 18.8. The van der Waals surface area contributed by atoms with Gasteiger partial charge in [-0.25, -0.2) is 4.39 Å². The van der Waals surface area contributed by atoms with Gasteiger partial charge in [-0.05, 0) is 60.5 Å². The predicted molar refractivity (Wildman–Crippen MR) is 91.6 cm³/mol. The highest BCUT2D eigenvalue weighted by Gasteiger charge is 2.12. The number of hydrogen-bond acceptors (Lipinski definition) is 4. The Labute approximate surface area is 143 Å². The third-order valence-electron chi connectivity index (χ3n) is 3.35. The van der Waals surface area contributed by atoms with Crippen LogP contribution in [0.3, 0.4) is 0 Å². The molecule has 0 aliphatic heterocycles. The average Bonchev–Trinajstić information content (AvgIpc) is 3.06. The normalized spacial score (nSPS) is 10.6. The number of carbonyl (C=O) groups excluding carboxylic acids is 1. The van der Waals surface area contributed by atoms with Crippen LogP contribution < -0.4 is 5.32 Å². The number of aryl methyl sites for hydroxylation is 1. The Bertz CT molecular complexity index is 849. The number of nitrogens with zero attached hydrogens (tertiary/aromatic N) is 1. The molecule has 0 unspecified atom stereocenters. The molecule has 0 aliphatic carbocycles. The van der Waals surface area contributed by atoms with Crippen molar-refractivity contribution in [3.8, 4) is 0 Å². The molecule has 0 radical (unpaired) electrons. The largest absolute Gasteiger partial charge is 0.445 e. The number of aromatic nitrogens is 1. The number of thioether (sulfide) groups is 1. The van der Waals surface area contributed by atoms with E-state index in [1.165, 1.54) is 23.9 Å². The molecule has 0 saturated heterocycles. The first kappa shape index (κ1) is 16.3. The number of anilines is 1. The maximum Gasteiger partial charge on any atom is 0.291 e. The van der Waals surface area contributed by atoms with Gasteiger partial charge in [0.1, 0.15) is 5.82 Å². The van der Waals surface area contributed by atoms with E-state index in [0.29, 0.717) is 16.3 Å². The van der Waals surface area contributed by atoms with Crippen LogP contribution in [0.2, 0.25) is 0 Å². The minimum atomic E-state index is -0.364. The molecule has 0 saturated carbocycles. The van der Waals surface area contributed by atoms with Gasteiger partial charge in [-0.3, -0.25) is 9.78 Å². The van der Waals surface area contributed by atoms with Crippen molar-refractivity contribution in [2.24, 2.45) is 0 Å². The summed E-state index contributed by atoms with van der Waals surface area (Å²) >= 11 is 1.50. The van der Waals surface area contributed by atoms with Crippen LogP contribution in [-0.2, 0) is 5.75 Å². The molecule has 0 aliphatic rings. The molecule has 0 fully saturated rings. The summed E-state index contributed by atoms with van der Waals surface area (Å²) in [4.78, 5) is 16.2. The quantitative estimate of drug-likeness (QED) is 0.685. The van der Waals surface area contributed by atoms with Crippen LogP contribution in [0.4, 0.5) is 10.1 Å². The number of pyridine rings is 1. The van der Waals surface area contributed by atoms with E-state index in [-0.39, 0.29) is 17.5 Å². The van der Waals surface area contributed by atoms with Crippen molar-refractivity contribution in [1.82, 2.24) is 4.98 Å². The van der Waals surface area contributed by atoms with Crippen LogP contribution >= 0.6 is 11.8 Å². The molecule has 122 valence electrons. The number of benzene rings is 1. The molecule has 1 aromatic carbocycles. The zero-order chi connectivity index (χ0) is 16.9. The lowest BCUT2D eigenvalue weighted by Crippen LogP contribution is -2.11. The van der Waals surface area contributed by atoms with E-state index < -0.39 is 0 Å². The zero-order valence-corrected chi connectivity index (χ0v) is 13.8. The van der Waals surface area contributed by atoms with Gasteiger partial charge in [0.2, 0.25) is 0 Å². The van der Waals surface area contributed by atoms with Crippen LogP contribution in [0, 0.1) is 12.7 Å². The van der Waals surface area contributed by atoms with Gasteiger partial charge in [-0.1, -0.05) is 11.8 Å². The van der Waals surface area contributed by atoms with E-state index in [1.54, 1.807) is 37.5 Å². The third kappa shape index (κ3) is 4.02. The first-order chi connectivity index (χ1) is 11.6. The molecule has 0 spiro atoms. The van der Waals surface area contributed by atoms with Crippen LogP contribution in [0.15, 0.2) is 64.4 Å². The number of amides is 1. The number of halogens is 1. The maximum atomic E-state index is 13.2. The topological polar surface area (TPSA) is 55.1 Å². The van der Waals surface area contributed by atoms with Gasteiger partial charge < -0.3 is 9.73 Å². The first-order valence-corrected chi connectivity index (χ1v) is 8.29. The van der Waals surface area contributed by atoms with Crippen LogP contribution in [0.1, 0.15) is 21.7 Å². The Hall–Kier alpha value is -2.60. The molecule has 4 nitrogen and oxygen atoms in total. The van der Waals surface area contributed by atoms with Crippen molar-refractivity contribution < 1.29 is 13.6 Å². The summed E-state index contributed by atoms with van der Waals surface area (Å²) in [5, 5.41) is 3.36. The highest BCUT2D eigenvalue weighted by atomic mass is 32.2. The minimum Gasteiger partial charge on any atom is -0.445 e. The first-order valence-electron chi connectivity index (χ1n) is 7.31. The smallest absolute Gasteiger partial charge is 0.291 e. The van der Waals surface area contributed by atoms with Gasteiger partial charge in [0, 0.05) is 23.8 Å². The van der Waals surface area contributed by atoms with E-state index in [4.69, 9.17) is 4.42 Å². The molecule has 0 atom stereocenters. The summed E-state index contributed by atoms with van der Waals surface area (Å²) in [5.74, 6) is 0.278. The molecule has 24 heavy (non-hydrogen) atoms. The Morgan fingerprint density at radius 1 is 1.21 bits per heavy atom. The third-order valence-corrected chi connectivity index (χ3v) is 4.33. The Balaban J connectivity index is 1.62. The molecule has 6 heteroatoms. The molecule has 2 aromatic heterocycles. The summed E-state index contributed by atoms with van der Waals surface area (Å²) in [6, 6.07) is 11.7. The predicted octanol–water partition coefficient (Wildman–Crippen LogP) is 4.67. The average molecular weight is 342 g/mol. The highest BCUT2D eigenvalue weighted by molar-refractivity contribution is 7.98. The fraction of sp³-hybridized carbons (Fsp3) is 0.111. The van der Waals surface area contributed by atoms with E-state index in [1.807, 2.05) is 12.1 Å². The van der Waals surface area contributed by atoms with Gasteiger partial charge in [0.25, 0.3) is 5.91 Å². The molecule has 0 bridgehead atoms. The molecule has 1 amide bonds. The number of nitrogens with one attached hydrogen (secondary N) is 1. The standard InChI is InChI=1S/C18H15FN2O2S/c1-12-10-14(2-3-15(12)19)21-18(22)16-4-5-17(23-16)24-11-13-6-8-20-9-7-13/h2-10H,11H2,1H3,(H,21,22). The summed E-state index contributed by atoms with van der Waals surface area (Å²) in [5.41, 5.74) is 2.13. The van der Waals surface area contributed by atoms with Gasteiger partial charge >= 0.3 is 0 Å². The van der Waals surface area contributed by atoms with Crippen molar-refractivity contribution in [1.29, 1.82) is 0 Å². The van der Waals surface area contributed by atoms with Crippen molar-refractivity contribution in [2.75, 3.05) is 5.32 Å². The Morgan fingerprint density at radius 3 is 2.75 bits per heavy atom. The SMILES string of the molecule is Cc1cc(NC(=O)c2ccc(SCc3ccncc3)o2)ccc1F. The summed E-state index contributed by atoms with van der Waals surface area (Å²) in [7, 11) is 0. The fourth-order valence-corrected chi connectivity index (χ4v) is 2.88. The van der Waals surface area contributed by atoms with E-state index in [0.717, 1.165) is 11.3 Å². The maximum absolute atomic E-state index is 13.2. The van der Waals surface area contributed by atoms with Crippen molar-refractivity contribution in [3.05, 3.63) is 77.6 Å². The number of carbonyl (C=O) groups is 1. The van der Waals surface area contributed by atoms with E-state index in [9.17, 15) is 9.18 Å². The Morgan fingerprint density at radius 2 is 2.00 bits per heavy atom. The zero-order valence-electron chi connectivity index (χ0n) is 13.0. The monoisotopic (exact) mass is 342 g/mol. The molecule has 3 rings (SSSR count). The molecule has 3 aromatic rings.